The van der Waals surface area contributed by atoms with E-state index in [1.54, 1.807) is 0 Å². The van der Waals surface area contributed by atoms with Gasteiger partial charge in [-0.2, -0.15) is 40.5 Å². The zero-order chi connectivity index (χ0) is 24.6. The van der Waals surface area contributed by atoms with Gasteiger partial charge in [0.2, 0.25) is 5.88 Å². The maximum absolute atomic E-state index is 13.1. The second-order valence-corrected chi connectivity index (χ2v) is 9.17. The highest BCUT2D eigenvalue weighted by Crippen LogP contribution is 2.53. The second kappa shape index (κ2) is 7.25. The van der Waals surface area contributed by atoms with Gasteiger partial charge in [-0.15, -0.1) is 0 Å². The summed E-state index contributed by atoms with van der Waals surface area (Å²) in [5.74, 6) is -2.27. The number of benzene rings is 1. The average Bonchev–Trinajstić information content (AvgIpc) is 3.25. The molecule has 180 valence electrons. The van der Waals surface area contributed by atoms with Crippen molar-refractivity contribution in [2.45, 2.75) is 30.5 Å². The molecule has 2 atom stereocenters. The molecule has 0 spiro atoms. The van der Waals surface area contributed by atoms with Crippen molar-refractivity contribution in [2.75, 3.05) is 7.05 Å². The van der Waals surface area contributed by atoms with Crippen molar-refractivity contribution in [2.24, 2.45) is 0 Å². The van der Waals surface area contributed by atoms with E-state index in [0.29, 0.717) is 11.3 Å². The van der Waals surface area contributed by atoms with Gasteiger partial charge in [-0.3, -0.25) is 4.79 Å². The maximum Gasteiger partial charge on any atom is 0.534 e. The van der Waals surface area contributed by atoms with Gasteiger partial charge in [0.25, 0.3) is 5.91 Å². The third-order valence-electron chi connectivity index (χ3n) is 5.77. The number of ether oxygens (including phenoxy) is 1. The van der Waals surface area contributed by atoms with Crippen LogP contribution in [0.4, 0.5) is 22.0 Å². The number of alkyl halides is 5. The summed E-state index contributed by atoms with van der Waals surface area (Å²) in [4.78, 5) is 18.3. The van der Waals surface area contributed by atoms with E-state index in [-0.39, 0.29) is 28.9 Å². The third kappa shape index (κ3) is 3.25. The van der Waals surface area contributed by atoms with E-state index in [2.05, 4.69) is 19.0 Å². The Morgan fingerprint density at radius 1 is 1.18 bits per heavy atom. The normalized spacial score (nSPS) is 19.9. The van der Waals surface area contributed by atoms with E-state index in [9.17, 15) is 35.2 Å². The minimum atomic E-state index is -5.97. The molecule has 0 fully saturated rings. The Bertz CT molecular complexity index is 1440. The highest BCUT2D eigenvalue weighted by Gasteiger charge is 2.49. The van der Waals surface area contributed by atoms with Gasteiger partial charge in [0.1, 0.15) is 5.75 Å². The summed E-state index contributed by atoms with van der Waals surface area (Å²) in [6.07, 6.45) is 1.37. The van der Waals surface area contributed by atoms with Crippen molar-refractivity contribution in [3.05, 3.63) is 52.8 Å². The molecule has 0 saturated heterocycles. The molecule has 1 aliphatic carbocycles. The van der Waals surface area contributed by atoms with Gasteiger partial charge in [-0.1, -0.05) is 6.07 Å². The highest BCUT2D eigenvalue weighted by molar-refractivity contribution is 7.87. The molecule has 1 amide bonds. The molecule has 0 N–H and O–H groups in total. The predicted octanol–water partition coefficient (Wildman–Crippen LogP) is 3.22. The van der Waals surface area contributed by atoms with Crippen molar-refractivity contribution in [1.29, 1.82) is 0 Å². The fourth-order valence-electron chi connectivity index (χ4n) is 4.41. The highest BCUT2D eigenvalue weighted by atomic mass is 32.2. The maximum atomic E-state index is 13.1. The number of carbonyl (C=O) groups excluding carboxylic acids is 1. The van der Waals surface area contributed by atoms with Gasteiger partial charge < -0.3 is 13.8 Å². The van der Waals surface area contributed by atoms with Crippen molar-refractivity contribution in [1.82, 2.24) is 19.5 Å². The Balaban J connectivity index is 1.70. The topological polar surface area (TPSA) is 103 Å². The Morgan fingerprint density at radius 2 is 1.91 bits per heavy atom. The Labute approximate surface area is 187 Å². The first-order valence-electron chi connectivity index (χ1n) is 9.64. The van der Waals surface area contributed by atoms with Gasteiger partial charge in [0.15, 0.2) is 5.65 Å². The largest absolute Gasteiger partial charge is 0.534 e. The van der Waals surface area contributed by atoms with Crippen LogP contribution in [0, 0.1) is 0 Å². The van der Waals surface area contributed by atoms with Gasteiger partial charge in [0, 0.05) is 41.9 Å². The summed E-state index contributed by atoms with van der Waals surface area (Å²) in [7, 11) is -4.46. The number of nitrogens with zero attached hydrogens (tertiary/aromatic N) is 4. The Hall–Kier alpha value is -3.49. The fourth-order valence-corrected chi connectivity index (χ4v) is 4.82. The molecule has 2 unspecified atom stereocenters. The van der Waals surface area contributed by atoms with Crippen LogP contribution in [0.3, 0.4) is 0 Å². The summed E-state index contributed by atoms with van der Waals surface area (Å²) < 4.78 is 97.2. The second-order valence-electron chi connectivity index (χ2n) is 7.63. The van der Waals surface area contributed by atoms with Crippen LogP contribution in [-0.2, 0) is 10.1 Å². The molecule has 3 heterocycles. The number of hydrogen-bond acceptors (Lipinski definition) is 7. The van der Waals surface area contributed by atoms with Crippen LogP contribution in [0.25, 0.3) is 5.65 Å². The molecule has 1 aliphatic heterocycles. The zero-order valence-electron chi connectivity index (χ0n) is 17.0. The van der Waals surface area contributed by atoms with E-state index in [4.69, 9.17) is 0 Å². The third-order valence-corrected chi connectivity index (χ3v) is 6.73. The van der Waals surface area contributed by atoms with Crippen LogP contribution in [0.2, 0.25) is 0 Å². The standard InChI is InChI=1S/C19H13F5N4O5S/c1-27-10-7-9(13-8(17(27)29)3-2-4-11(13)32-18(20)21)14-15(10)26-28-6-5-12(25-16(14)28)33-34(30,31)19(22,23)24/h2-6,9-10,18H,7H2,1H3. The number of hydrogen-bond donors (Lipinski definition) is 0. The van der Waals surface area contributed by atoms with Crippen LogP contribution in [0.5, 0.6) is 11.6 Å². The molecule has 9 nitrogen and oxygen atoms in total. The molecular formula is C19H13F5N4O5S. The number of aromatic nitrogens is 3. The van der Waals surface area contributed by atoms with E-state index in [0.717, 1.165) is 12.3 Å². The average molecular weight is 504 g/mol. The Kier molecular flexibility index (Phi) is 4.76. The van der Waals surface area contributed by atoms with Crippen LogP contribution >= 0.6 is 0 Å². The molecule has 5 rings (SSSR count). The van der Waals surface area contributed by atoms with Crippen molar-refractivity contribution < 1.29 is 44.1 Å². The number of fused-ring (bicyclic) bond motifs is 9. The minimum Gasteiger partial charge on any atom is -0.434 e. The molecule has 15 heteroatoms. The van der Waals surface area contributed by atoms with Gasteiger partial charge in [-0.25, -0.2) is 4.52 Å². The lowest BCUT2D eigenvalue weighted by Gasteiger charge is -2.23. The molecule has 3 aromatic rings. The summed E-state index contributed by atoms with van der Waals surface area (Å²) >= 11 is 0. The molecular weight excluding hydrogens is 491 g/mol. The minimum absolute atomic E-state index is 0.0436. The molecule has 0 radical (unpaired) electrons. The summed E-state index contributed by atoms with van der Waals surface area (Å²) in [5.41, 5.74) is -4.75. The van der Waals surface area contributed by atoms with Gasteiger partial charge >= 0.3 is 22.2 Å². The number of amides is 1. The van der Waals surface area contributed by atoms with Crippen LogP contribution < -0.4 is 8.92 Å². The Morgan fingerprint density at radius 3 is 2.59 bits per heavy atom. The quantitative estimate of drug-likeness (QED) is 0.305. The zero-order valence-corrected chi connectivity index (χ0v) is 17.8. The van der Waals surface area contributed by atoms with Gasteiger partial charge in [-0.05, 0) is 18.6 Å². The summed E-state index contributed by atoms with van der Waals surface area (Å²) in [6, 6.07) is 4.42. The number of carbonyl (C=O) groups is 1. The molecule has 1 aromatic carbocycles. The number of halogens is 5. The SMILES string of the molecule is CN1C(=O)c2cccc(OC(F)F)c2C2CC1c1nn3ccc(OS(=O)(=O)C(F)(F)F)nc3c12. The van der Waals surface area contributed by atoms with E-state index >= 15 is 0 Å². The molecule has 2 bridgehead atoms. The molecule has 34 heavy (non-hydrogen) atoms. The molecule has 2 aliphatic rings. The van der Waals surface area contributed by atoms with Crippen molar-refractivity contribution >= 4 is 21.7 Å². The van der Waals surface area contributed by atoms with Crippen LogP contribution in [-0.4, -0.2) is 53.0 Å². The lowest BCUT2D eigenvalue weighted by atomic mass is 9.89. The number of rotatable bonds is 4. The first-order valence-corrected chi connectivity index (χ1v) is 11.0. The van der Waals surface area contributed by atoms with Crippen molar-refractivity contribution in [3.8, 4) is 11.6 Å². The van der Waals surface area contributed by atoms with E-state index in [1.807, 2.05) is 0 Å². The van der Waals surface area contributed by atoms with Gasteiger partial charge in [0.05, 0.1) is 11.7 Å². The monoisotopic (exact) mass is 504 g/mol. The first-order chi connectivity index (χ1) is 15.9. The summed E-state index contributed by atoms with van der Waals surface area (Å²) in [6.45, 7) is -3.17. The van der Waals surface area contributed by atoms with Crippen LogP contribution in [0.15, 0.2) is 30.5 Å². The van der Waals surface area contributed by atoms with E-state index < -0.39 is 46.0 Å². The smallest absolute Gasteiger partial charge is 0.434 e. The van der Waals surface area contributed by atoms with Crippen LogP contribution in [0.1, 0.15) is 45.6 Å². The fraction of sp³-hybridized carbons (Fsp3) is 0.316. The molecule has 0 saturated carbocycles. The lowest BCUT2D eigenvalue weighted by molar-refractivity contribution is -0.0509. The summed E-state index contributed by atoms with van der Waals surface area (Å²) in [5, 5.41) is 4.36. The molecule has 2 aromatic heterocycles. The lowest BCUT2D eigenvalue weighted by Crippen LogP contribution is -2.30. The van der Waals surface area contributed by atoms with Crippen molar-refractivity contribution in [3.63, 3.8) is 0 Å². The predicted molar refractivity (Wildman–Crippen MR) is 103 cm³/mol. The van der Waals surface area contributed by atoms with E-state index in [1.165, 1.54) is 34.7 Å². The first kappa shape index (κ1) is 22.3.